The van der Waals surface area contributed by atoms with Crippen LogP contribution in [0.5, 0.6) is 5.75 Å². The van der Waals surface area contributed by atoms with Gasteiger partial charge in [-0.25, -0.2) is 4.79 Å². The monoisotopic (exact) mass is 316 g/mol. The normalized spacial score (nSPS) is 11.4. The quantitative estimate of drug-likeness (QED) is 0.513. The van der Waals surface area contributed by atoms with E-state index in [0.717, 1.165) is 0 Å². The first-order chi connectivity index (χ1) is 11.0. The molecule has 1 aromatic heterocycles. The van der Waals surface area contributed by atoms with Crippen LogP contribution in [0.4, 0.5) is 5.69 Å². The SMILES string of the molecule is COc1ccc(NC(=O)[C@H](C)OC(=O)c2cccc[n+]2[O-])cc1. The summed E-state index contributed by atoms with van der Waals surface area (Å²) in [4.78, 5) is 23.9. The van der Waals surface area contributed by atoms with Crippen molar-refractivity contribution < 1.29 is 23.8 Å². The molecule has 23 heavy (non-hydrogen) atoms. The van der Waals surface area contributed by atoms with E-state index in [2.05, 4.69) is 5.32 Å². The molecule has 0 bridgehead atoms. The number of rotatable bonds is 5. The molecule has 7 heteroatoms. The van der Waals surface area contributed by atoms with Gasteiger partial charge in [-0.2, -0.15) is 4.73 Å². The minimum Gasteiger partial charge on any atom is -0.618 e. The maximum Gasteiger partial charge on any atom is 0.405 e. The average Bonchev–Trinajstić information content (AvgIpc) is 2.55. The fraction of sp³-hybridized carbons (Fsp3) is 0.188. The number of nitrogens with zero attached hydrogens (tertiary/aromatic N) is 1. The Morgan fingerprint density at radius 3 is 2.48 bits per heavy atom. The molecule has 0 saturated carbocycles. The Labute approximate surface area is 133 Å². The van der Waals surface area contributed by atoms with Gasteiger partial charge in [0.2, 0.25) is 0 Å². The molecule has 1 atom stereocenters. The molecular formula is C16H16N2O5. The fourth-order valence-corrected chi connectivity index (χ4v) is 1.78. The van der Waals surface area contributed by atoms with Gasteiger partial charge in [-0.05, 0) is 37.3 Å². The fourth-order valence-electron chi connectivity index (χ4n) is 1.78. The van der Waals surface area contributed by atoms with Crippen molar-refractivity contribution in [2.45, 2.75) is 13.0 Å². The third-order valence-corrected chi connectivity index (χ3v) is 3.04. The first kappa shape index (κ1) is 16.3. The molecule has 0 aliphatic rings. The first-order valence-electron chi connectivity index (χ1n) is 6.85. The number of carbonyl (C=O) groups is 2. The standard InChI is InChI=1S/C16H16N2O5/c1-11(23-16(20)14-5-3-4-10-18(14)21)15(19)17-12-6-8-13(22-2)9-7-12/h3-11H,1-2H3,(H,17,19)/t11-/m0/s1. The van der Waals surface area contributed by atoms with Crippen LogP contribution in [0.1, 0.15) is 17.4 Å². The molecule has 0 spiro atoms. The molecule has 0 aliphatic heterocycles. The predicted molar refractivity (Wildman–Crippen MR) is 81.9 cm³/mol. The lowest BCUT2D eigenvalue weighted by Crippen LogP contribution is -2.37. The Balaban J connectivity index is 1.96. The highest BCUT2D eigenvalue weighted by Gasteiger charge is 2.23. The summed E-state index contributed by atoms with van der Waals surface area (Å²) in [6, 6.07) is 11.1. The van der Waals surface area contributed by atoms with E-state index in [-0.39, 0.29) is 5.69 Å². The number of pyridine rings is 1. The summed E-state index contributed by atoms with van der Waals surface area (Å²) in [6.45, 7) is 1.43. The number of aromatic nitrogens is 1. The van der Waals surface area contributed by atoms with Gasteiger partial charge in [-0.3, -0.25) is 4.79 Å². The Bertz CT molecular complexity index is 700. The van der Waals surface area contributed by atoms with Crippen LogP contribution in [0.2, 0.25) is 0 Å². The highest BCUT2D eigenvalue weighted by molar-refractivity contribution is 5.96. The van der Waals surface area contributed by atoms with Crippen LogP contribution in [0.3, 0.4) is 0 Å². The zero-order valence-corrected chi connectivity index (χ0v) is 12.7. The summed E-state index contributed by atoms with van der Waals surface area (Å²) in [5.41, 5.74) is 0.355. The molecule has 0 aliphatic carbocycles. The first-order valence-corrected chi connectivity index (χ1v) is 6.85. The molecule has 1 N–H and O–H groups in total. The highest BCUT2D eigenvalue weighted by atomic mass is 16.6. The molecule has 0 radical (unpaired) electrons. The molecule has 120 valence electrons. The van der Waals surface area contributed by atoms with Crippen molar-refractivity contribution in [2.24, 2.45) is 0 Å². The number of carbonyl (C=O) groups excluding carboxylic acids is 2. The molecule has 2 rings (SSSR count). The van der Waals surface area contributed by atoms with Crippen molar-refractivity contribution in [1.82, 2.24) is 0 Å². The number of anilines is 1. The van der Waals surface area contributed by atoms with E-state index < -0.39 is 18.0 Å². The van der Waals surface area contributed by atoms with Gasteiger partial charge in [0.15, 0.2) is 12.3 Å². The van der Waals surface area contributed by atoms with E-state index in [1.54, 1.807) is 31.4 Å². The zero-order valence-electron chi connectivity index (χ0n) is 12.7. The van der Waals surface area contributed by atoms with Gasteiger partial charge in [0.1, 0.15) is 5.75 Å². The summed E-state index contributed by atoms with van der Waals surface area (Å²) < 4.78 is 10.4. The Hall–Kier alpha value is -3.09. The van der Waals surface area contributed by atoms with E-state index >= 15 is 0 Å². The van der Waals surface area contributed by atoms with Crippen LogP contribution < -0.4 is 14.8 Å². The van der Waals surface area contributed by atoms with Crippen LogP contribution in [-0.2, 0) is 9.53 Å². The summed E-state index contributed by atoms with van der Waals surface area (Å²) in [5, 5.41) is 14.1. The number of nitrogens with one attached hydrogen (secondary N) is 1. The van der Waals surface area contributed by atoms with E-state index in [1.807, 2.05) is 0 Å². The van der Waals surface area contributed by atoms with Crippen LogP contribution in [0, 0.1) is 5.21 Å². The van der Waals surface area contributed by atoms with Crippen molar-refractivity contribution in [1.29, 1.82) is 0 Å². The lowest BCUT2D eigenvalue weighted by atomic mass is 10.3. The molecule has 1 heterocycles. The third-order valence-electron chi connectivity index (χ3n) is 3.04. The van der Waals surface area contributed by atoms with Crippen molar-refractivity contribution in [3.05, 3.63) is 59.6 Å². The minimum absolute atomic E-state index is 0.184. The third kappa shape index (κ3) is 4.19. The van der Waals surface area contributed by atoms with Crippen molar-refractivity contribution in [3.8, 4) is 5.75 Å². The number of amides is 1. The minimum atomic E-state index is -1.05. The second kappa shape index (κ2) is 7.26. The molecule has 0 saturated heterocycles. The molecular weight excluding hydrogens is 300 g/mol. The van der Waals surface area contributed by atoms with Gasteiger partial charge in [-0.1, -0.05) is 0 Å². The largest absolute Gasteiger partial charge is 0.618 e. The van der Waals surface area contributed by atoms with Gasteiger partial charge in [-0.15, -0.1) is 0 Å². The van der Waals surface area contributed by atoms with Gasteiger partial charge in [0, 0.05) is 17.8 Å². The van der Waals surface area contributed by atoms with Crippen molar-refractivity contribution in [2.75, 3.05) is 12.4 Å². The second-order valence-corrected chi connectivity index (χ2v) is 4.68. The van der Waals surface area contributed by atoms with Gasteiger partial charge < -0.3 is 20.0 Å². The van der Waals surface area contributed by atoms with Crippen molar-refractivity contribution in [3.63, 3.8) is 0 Å². The van der Waals surface area contributed by atoms with Crippen LogP contribution >= 0.6 is 0 Å². The maximum atomic E-state index is 12.0. The van der Waals surface area contributed by atoms with E-state index in [9.17, 15) is 14.8 Å². The number of methoxy groups -OCH3 is 1. The summed E-state index contributed by atoms with van der Waals surface area (Å²) in [7, 11) is 1.54. The lowest BCUT2D eigenvalue weighted by molar-refractivity contribution is -0.608. The van der Waals surface area contributed by atoms with Crippen LogP contribution in [0.25, 0.3) is 0 Å². The number of hydrogen-bond donors (Lipinski definition) is 1. The van der Waals surface area contributed by atoms with E-state index in [4.69, 9.17) is 9.47 Å². The zero-order chi connectivity index (χ0) is 16.8. The van der Waals surface area contributed by atoms with Gasteiger partial charge >= 0.3 is 11.7 Å². The summed E-state index contributed by atoms with van der Waals surface area (Å²) in [6.07, 6.45) is 0.128. The Morgan fingerprint density at radius 2 is 1.87 bits per heavy atom. The predicted octanol–water partition coefficient (Wildman–Crippen LogP) is 1.51. The van der Waals surface area contributed by atoms with E-state index in [0.29, 0.717) is 16.2 Å². The molecule has 7 nitrogen and oxygen atoms in total. The van der Waals surface area contributed by atoms with Gasteiger partial charge in [0.05, 0.1) is 7.11 Å². The van der Waals surface area contributed by atoms with Crippen LogP contribution in [-0.4, -0.2) is 25.1 Å². The number of hydrogen-bond acceptors (Lipinski definition) is 5. The summed E-state index contributed by atoms with van der Waals surface area (Å²) in [5.74, 6) is -0.707. The Kier molecular flexibility index (Phi) is 5.14. The lowest BCUT2D eigenvalue weighted by Gasteiger charge is -2.13. The van der Waals surface area contributed by atoms with Gasteiger partial charge in [0.25, 0.3) is 5.91 Å². The van der Waals surface area contributed by atoms with E-state index in [1.165, 1.54) is 31.3 Å². The maximum absolute atomic E-state index is 12.0. The molecule has 1 aromatic carbocycles. The number of esters is 1. The molecule has 1 amide bonds. The molecule has 0 unspecified atom stereocenters. The number of benzene rings is 1. The summed E-state index contributed by atoms with van der Waals surface area (Å²) >= 11 is 0. The Morgan fingerprint density at radius 1 is 1.17 bits per heavy atom. The molecule has 0 fully saturated rings. The highest BCUT2D eigenvalue weighted by Crippen LogP contribution is 2.15. The van der Waals surface area contributed by atoms with Crippen LogP contribution in [0.15, 0.2) is 48.7 Å². The smallest absolute Gasteiger partial charge is 0.405 e. The molecule has 2 aromatic rings. The van der Waals surface area contributed by atoms with Crippen molar-refractivity contribution >= 4 is 17.6 Å². The second-order valence-electron chi connectivity index (χ2n) is 4.68. The average molecular weight is 316 g/mol. The topological polar surface area (TPSA) is 91.6 Å². The number of ether oxygens (including phenoxy) is 2.